The Balaban J connectivity index is 1.90. The number of hydrogen-bond acceptors (Lipinski definition) is 9. The number of nitrogens with one attached hydrogen (secondary N) is 2. The molecule has 37 heavy (non-hydrogen) atoms. The Bertz CT molecular complexity index is 1200. The topological polar surface area (TPSA) is 147 Å². The fourth-order valence-electron chi connectivity index (χ4n) is 4.19. The van der Waals surface area contributed by atoms with Crippen molar-refractivity contribution in [1.82, 2.24) is 9.97 Å². The number of hydrogen-bond donors (Lipinski definition) is 4. The second-order valence-corrected chi connectivity index (χ2v) is 16.1. The summed E-state index contributed by atoms with van der Waals surface area (Å²) in [6.45, 7) is 12.7. The van der Waals surface area contributed by atoms with Gasteiger partial charge in [-0.1, -0.05) is 33.6 Å². The van der Waals surface area contributed by atoms with E-state index in [-0.39, 0.29) is 34.6 Å². The molecule has 0 aliphatic heterocycles. The average molecular weight is 521 g/mol. The van der Waals surface area contributed by atoms with Gasteiger partial charge in [0.25, 0.3) is 0 Å². The van der Waals surface area contributed by atoms with E-state index in [0.717, 1.165) is 31.2 Å². The average Bonchev–Trinajstić information content (AvgIpc) is 2.83. The lowest BCUT2D eigenvalue weighted by molar-refractivity contribution is 0.276. The molecule has 1 aromatic heterocycles. The minimum Gasteiger partial charge on any atom is -0.423 e. The molecular formula is C26H37BN6O3Si. The van der Waals surface area contributed by atoms with E-state index in [0.29, 0.717) is 23.0 Å². The largest absolute Gasteiger partial charge is 0.490 e. The highest BCUT2D eigenvalue weighted by molar-refractivity contribution is 6.74. The predicted molar refractivity (Wildman–Crippen MR) is 148 cm³/mol. The molecule has 0 saturated heterocycles. The van der Waals surface area contributed by atoms with Gasteiger partial charge in [-0.25, -0.2) is 4.98 Å². The Morgan fingerprint density at radius 3 is 2.51 bits per heavy atom. The van der Waals surface area contributed by atoms with E-state index in [4.69, 9.17) is 4.43 Å². The summed E-state index contributed by atoms with van der Waals surface area (Å²) in [5, 5.41) is 45.9. The van der Waals surface area contributed by atoms with E-state index in [2.05, 4.69) is 66.6 Å². The van der Waals surface area contributed by atoms with E-state index >= 15 is 0 Å². The minimum atomic E-state index is -2.13. The zero-order valence-electron chi connectivity index (χ0n) is 22.6. The maximum Gasteiger partial charge on any atom is 0.490 e. The normalized spacial score (nSPS) is 18.0. The zero-order valence-corrected chi connectivity index (χ0v) is 23.6. The van der Waals surface area contributed by atoms with E-state index in [1.807, 2.05) is 6.92 Å². The van der Waals surface area contributed by atoms with Crippen molar-refractivity contribution in [1.29, 1.82) is 10.5 Å². The molecule has 1 heterocycles. The third-order valence-corrected chi connectivity index (χ3v) is 12.0. The third-order valence-electron chi connectivity index (χ3n) is 7.52. The van der Waals surface area contributed by atoms with Crippen LogP contribution < -0.4 is 16.1 Å². The van der Waals surface area contributed by atoms with Crippen LogP contribution in [0.2, 0.25) is 18.1 Å². The van der Waals surface area contributed by atoms with Crippen LogP contribution in [-0.4, -0.2) is 41.5 Å². The molecule has 2 atom stereocenters. The van der Waals surface area contributed by atoms with Gasteiger partial charge in [0.05, 0.1) is 30.2 Å². The standard InChI is InChI=1S/C26H37BN6O3Si/c1-17-15-30-25(33-24(17)32-22-10-8-7-9-18(22)13-28)31-21-11-19(14-29)23(27(34)35)20(12-21)16-36-37(5,6)26(2,3)4/h11-12,15,18,22,34-35H,7-10,16H2,1-6H3,(H2,30,31,32,33)/t18-,22+/m0/s1. The van der Waals surface area contributed by atoms with Gasteiger partial charge >= 0.3 is 7.12 Å². The smallest absolute Gasteiger partial charge is 0.423 e. The van der Waals surface area contributed by atoms with Crippen LogP contribution in [0.25, 0.3) is 0 Å². The van der Waals surface area contributed by atoms with Gasteiger partial charge in [-0.3, -0.25) is 0 Å². The van der Waals surface area contributed by atoms with Gasteiger partial charge in [0.1, 0.15) is 5.82 Å². The third kappa shape index (κ3) is 6.88. The number of aromatic nitrogens is 2. The van der Waals surface area contributed by atoms with E-state index < -0.39 is 15.4 Å². The second-order valence-electron chi connectivity index (χ2n) is 11.3. The summed E-state index contributed by atoms with van der Waals surface area (Å²) >= 11 is 0. The molecule has 9 nitrogen and oxygen atoms in total. The lowest BCUT2D eigenvalue weighted by Crippen LogP contribution is -2.42. The molecule has 0 amide bonds. The Morgan fingerprint density at radius 2 is 1.89 bits per heavy atom. The van der Waals surface area contributed by atoms with Crippen molar-refractivity contribution in [3.8, 4) is 12.1 Å². The highest BCUT2D eigenvalue weighted by atomic mass is 28.4. The van der Waals surface area contributed by atoms with Crippen molar-refractivity contribution >= 4 is 38.4 Å². The summed E-state index contributed by atoms with van der Waals surface area (Å²) in [6.07, 6.45) is 5.64. The first-order chi connectivity index (χ1) is 17.4. The highest BCUT2D eigenvalue weighted by Crippen LogP contribution is 2.37. The summed E-state index contributed by atoms with van der Waals surface area (Å²) in [6, 6.07) is 7.81. The zero-order chi connectivity index (χ0) is 27.4. The molecule has 0 unspecified atom stereocenters. The van der Waals surface area contributed by atoms with Gasteiger partial charge < -0.3 is 25.1 Å². The Morgan fingerprint density at radius 1 is 1.19 bits per heavy atom. The maximum absolute atomic E-state index is 10.0. The van der Waals surface area contributed by atoms with Gasteiger partial charge in [-0.2, -0.15) is 15.5 Å². The van der Waals surface area contributed by atoms with Crippen LogP contribution in [0.3, 0.4) is 0 Å². The molecule has 0 bridgehead atoms. The molecule has 1 aromatic carbocycles. The van der Waals surface area contributed by atoms with Crippen molar-refractivity contribution < 1.29 is 14.5 Å². The SMILES string of the molecule is Cc1cnc(Nc2cc(C#N)c(B(O)O)c(CO[Si](C)(C)C(C)(C)C)c2)nc1N[C@@H]1CCCC[C@H]1C#N. The monoisotopic (exact) mass is 520 g/mol. The fourth-order valence-corrected chi connectivity index (χ4v) is 5.14. The van der Waals surface area contributed by atoms with Crippen LogP contribution in [0.5, 0.6) is 0 Å². The summed E-state index contributed by atoms with van der Waals surface area (Å²) in [5.41, 5.74) is 2.20. The Hall–Kier alpha value is -2.96. The van der Waals surface area contributed by atoms with E-state index in [1.54, 1.807) is 18.3 Å². The van der Waals surface area contributed by atoms with Crippen molar-refractivity contribution in [2.45, 2.75) is 84.2 Å². The summed E-state index contributed by atoms with van der Waals surface area (Å²) in [4.78, 5) is 9.04. The molecule has 1 fully saturated rings. The number of nitrogens with zero attached hydrogens (tertiary/aromatic N) is 4. The molecule has 1 aliphatic carbocycles. The van der Waals surface area contributed by atoms with Crippen LogP contribution in [0.4, 0.5) is 17.5 Å². The van der Waals surface area contributed by atoms with Crippen LogP contribution in [0.15, 0.2) is 18.3 Å². The predicted octanol–water partition coefficient (Wildman–Crippen LogP) is 4.10. The first kappa shape index (κ1) is 28.6. The van der Waals surface area contributed by atoms with Crippen molar-refractivity contribution in [2.75, 3.05) is 10.6 Å². The van der Waals surface area contributed by atoms with Crippen LogP contribution in [-0.2, 0) is 11.0 Å². The van der Waals surface area contributed by atoms with Gasteiger partial charge in [-0.15, -0.1) is 0 Å². The van der Waals surface area contributed by atoms with Crippen LogP contribution in [0, 0.1) is 35.5 Å². The first-order valence-electron chi connectivity index (χ1n) is 12.7. The van der Waals surface area contributed by atoms with Crippen LogP contribution >= 0.6 is 0 Å². The van der Waals surface area contributed by atoms with Crippen molar-refractivity contribution in [3.63, 3.8) is 0 Å². The van der Waals surface area contributed by atoms with E-state index in [1.165, 1.54) is 0 Å². The summed E-state index contributed by atoms with van der Waals surface area (Å²) < 4.78 is 6.33. The Kier molecular flexibility index (Phi) is 8.98. The molecule has 2 aromatic rings. The number of benzene rings is 1. The number of rotatable bonds is 8. The molecule has 1 saturated carbocycles. The molecule has 4 N–H and O–H groups in total. The highest BCUT2D eigenvalue weighted by Gasteiger charge is 2.37. The van der Waals surface area contributed by atoms with Gasteiger partial charge in [-0.05, 0) is 55.6 Å². The minimum absolute atomic E-state index is 0.0268. The number of aryl methyl sites for hydroxylation is 1. The maximum atomic E-state index is 10.0. The number of anilines is 3. The first-order valence-corrected chi connectivity index (χ1v) is 15.6. The molecule has 11 heteroatoms. The Labute approximate surface area is 221 Å². The van der Waals surface area contributed by atoms with Gasteiger partial charge in [0, 0.05) is 29.0 Å². The fraction of sp³-hybridized carbons (Fsp3) is 0.538. The van der Waals surface area contributed by atoms with Crippen LogP contribution in [0.1, 0.15) is 63.1 Å². The van der Waals surface area contributed by atoms with Crippen molar-refractivity contribution in [2.24, 2.45) is 5.92 Å². The quantitative estimate of drug-likeness (QED) is 0.378. The van der Waals surface area contributed by atoms with Crippen molar-refractivity contribution in [3.05, 3.63) is 35.0 Å². The molecule has 1 aliphatic rings. The number of nitriles is 2. The molecule has 0 radical (unpaired) electrons. The van der Waals surface area contributed by atoms with Gasteiger partial charge in [0.15, 0.2) is 8.32 Å². The molecule has 196 valence electrons. The molecule has 0 spiro atoms. The van der Waals surface area contributed by atoms with E-state index in [9.17, 15) is 20.6 Å². The summed E-state index contributed by atoms with van der Waals surface area (Å²) in [5.74, 6) is 0.933. The molecule has 3 rings (SSSR count). The lowest BCUT2D eigenvalue weighted by Gasteiger charge is -2.36. The summed E-state index contributed by atoms with van der Waals surface area (Å²) in [7, 11) is -3.94. The second kappa shape index (κ2) is 11.6. The lowest BCUT2D eigenvalue weighted by atomic mass is 9.74. The molecular weight excluding hydrogens is 483 g/mol. The van der Waals surface area contributed by atoms with Gasteiger partial charge in [0.2, 0.25) is 5.95 Å².